The van der Waals surface area contributed by atoms with Gasteiger partial charge in [-0.2, -0.15) is 5.26 Å². The third-order valence-electron chi connectivity index (χ3n) is 2.74. The fourth-order valence-corrected chi connectivity index (χ4v) is 2.44. The van der Waals surface area contributed by atoms with E-state index in [1.54, 1.807) is 24.4 Å². The molecule has 2 rings (SSSR count). The highest BCUT2D eigenvalue weighted by atomic mass is 35.5. The lowest BCUT2D eigenvalue weighted by Gasteiger charge is -2.11. The number of aromatic nitrogens is 1. The molecule has 102 valence electrons. The van der Waals surface area contributed by atoms with Gasteiger partial charge in [-0.3, -0.25) is 0 Å². The highest BCUT2D eigenvalue weighted by molar-refractivity contribution is 6.44. The minimum Gasteiger partial charge on any atom is -0.481 e. The lowest BCUT2D eigenvalue weighted by molar-refractivity contribution is 0.397. The summed E-state index contributed by atoms with van der Waals surface area (Å²) in [6.07, 6.45) is 1.82. The second-order valence-electron chi connectivity index (χ2n) is 3.96. The molecule has 0 aliphatic carbocycles. The van der Waals surface area contributed by atoms with E-state index in [1.165, 1.54) is 7.11 Å². The van der Waals surface area contributed by atoms with E-state index < -0.39 is 0 Å². The van der Waals surface area contributed by atoms with Crippen molar-refractivity contribution in [3.63, 3.8) is 0 Å². The molecule has 0 saturated heterocycles. The summed E-state index contributed by atoms with van der Waals surface area (Å²) in [5.41, 5.74) is 2.18. The highest BCUT2D eigenvalue weighted by Crippen LogP contribution is 2.37. The van der Waals surface area contributed by atoms with E-state index in [1.807, 2.05) is 0 Å². The standard InChI is InChI=1S/C14H9Cl3N2O/c1-20-14-4-8(2-3-18)10(7-19-14)9-5-12(16)13(17)6-11(9)15/h4-7H,2H2,1H3. The zero-order valence-electron chi connectivity index (χ0n) is 10.5. The van der Waals surface area contributed by atoms with E-state index in [-0.39, 0.29) is 6.42 Å². The van der Waals surface area contributed by atoms with E-state index in [0.717, 1.165) is 11.1 Å². The van der Waals surface area contributed by atoms with Gasteiger partial charge in [0.25, 0.3) is 0 Å². The van der Waals surface area contributed by atoms with Gasteiger partial charge in [-0.05, 0) is 17.7 Å². The fourth-order valence-electron chi connectivity index (χ4n) is 1.79. The number of methoxy groups -OCH3 is 1. The van der Waals surface area contributed by atoms with Gasteiger partial charge in [0.1, 0.15) is 0 Å². The van der Waals surface area contributed by atoms with Crippen LogP contribution < -0.4 is 4.74 Å². The van der Waals surface area contributed by atoms with Crippen molar-refractivity contribution in [1.82, 2.24) is 4.98 Å². The molecule has 2 aromatic rings. The number of benzene rings is 1. The number of ether oxygens (including phenoxy) is 1. The van der Waals surface area contributed by atoms with Gasteiger partial charge in [0.2, 0.25) is 5.88 Å². The van der Waals surface area contributed by atoms with Gasteiger partial charge in [0.05, 0.1) is 34.7 Å². The van der Waals surface area contributed by atoms with Crippen LogP contribution in [0.1, 0.15) is 5.56 Å². The number of hydrogen-bond acceptors (Lipinski definition) is 3. The van der Waals surface area contributed by atoms with E-state index >= 15 is 0 Å². The molecule has 3 nitrogen and oxygen atoms in total. The molecule has 0 radical (unpaired) electrons. The van der Waals surface area contributed by atoms with Crippen LogP contribution in [-0.2, 0) is 6.42 Å². The maximum Gasteiger partial charge on any atom is 0.213 e. The summed E-state index contributed by atoms with van der Waals surface area (Å²) in [6.45, 7) is 0. The minimum atomic E-state index is 0.213. The average Bonchev–Trinajstić information content (AvgIpc) is 2.43. The van der Waals surface area contributed by atoms with E-state index in [9.17, 15) is 0 Å². The van der Waals surface area contributed by atoms with Crippen molar-refractivity contribution in [1.29, 1.82) is 5.26 Å². The first-order chi connectivity index (χ1) is 9.56. The summed E-state index contributed by atoms with van der Waals surface area (Å²) < 4.78 is 5.06. The van der Waals surface area contributed by atoms with Crippen LogP contribution in [0.2, 0.25) is 15.1 Å². The molecule has 0 amide bonds. The quantitative estimate of drug-likeness (QED) is 0.762. The van der Waals surface area contributed by atoms with Crippen LogP contribution in [0.4, 0.5) is 0 Å². The number of rotatable bonds is 3. The van der Waals surface area contributed by atoms with E-state index in [0.29, 0.717) is 26.5 Å². The lowest BCUT2D eigenvalue weighted by atomic mass is 10.00. The van der Waals surface area contributed by atoms with Gasteiger partial charge in [-0.1, -0.05) is 34.8 Å². The zero-order valence-corrected chi connectivity index (χ0v) is 12.7. The second kappa shape index (κ2) is 6.32. The van der Waals surface area contributed by atoms with Crippen molar-refractivity contribution >= 4 is 34.8 Å². The van der Waals surface area contributed by atoms with Crippen molar-refractivity contribution in [2.24, 2.45) is 0 Å². The SMILES string of the molecule is COc1cc(CC#N)c(-c2cc(Cl)c(Cl)cc2Cl)cn1. The van der Waals surface area contributed by atoms with Crippen LogP contribution in [0.5, 0.6) is 5.88 Å². The lowest BCUT2D eigenvalue weighted by Crippen LogP contribution is -1.95. The van der Waals surface area contributed by atoms with Crippen molar-refractivity contribution in [3.05, 3.63) is 45.0 Å². The summed E-state index contributed by atoms with van der Waals surface area (Å²) in [5, 5.41) is 10.2. The normalized spacial score (nSPS) is 10.2. The van der Waals surface area contributed by atoms with Crippen LogP contribution in [-0.4, -0.2) is 12.1 Å². The Morgan fingerprint density at radius 2 is 1.80 bits per heavy atom. The summed E-state index contributed by atoms with van der Waals surface area (Å²) >= 11 is 18.1. The molecule has 20 heavy (non-hydrogen) atoms. The van der Waals surface area contributed by atoms with E-state index in [4.69, 9.17) is 44.8 Å². The molecule has 0 aliphatic heterocycles. The molecule has 6 heteroatoms. The first-order valence-electron chi connectivity index (χ1n) is 5.61. The third kappa shape index (κ3) is 2.99. The zero-order chi connectivity index (χ0) is 14.7. The predicted molar refractivity (Wildman–Crippen MR) is 80.6 cm³/mol. The summed E-state index contributed by atoms with van der Waals surface area (Å²) in [5.74, 6) is 0.440. The number of nitrogens with zero attached hydrogens (tertiary/aromatic N) is 2. The molecule has 1 heterocycles. The van der Waals surface area contributed by atoms with Crippen LogP contribution >= 0.6 is 34.8 Å². The molecule has 0 saturated carbocycles. The molecule has 0 unspecified atom stereocenters. The molecule has 0 bridgehead atoms. The minimum absolute atomic E-state index is 0.213. The highest BCUT2D eigenvalue weighted by Gasteiger charge is 2.13. The fraction of sp³-hybridized carbons (Fsp3) is 0.143. The molecule has 0 N–H and O–H groups in total. The largest absolute Gasteiger partial charge is 0.481 e. The smallest absolute Gasteiger partial charge is 0.213 e. The first-order valence-corrected chi connectivity index (χ1v) is 6.75. The van der Waals surface area contributed by atoms with Crippen molar-refractivity contribution < 1.29 is 4.74 Å². The Morgan fingerprint density at radius 3 is 2.45 bits per heavy atom. The number of pyridine rings is 1. The Labute approximate surface area is 131 Å². The van der Waals surface area contributed by atoms with Gasteiger partial charge in [0, 0.05) is 23.4 Å². The Kier molecular flexibility index (Phi) is 4.72. The Morgan fingerprint density at radius 1 is 1.10 bits per heavy atom. The topological polar surface area (TPSA) is 45.9 Å². The van der Waals surface area contributed by atoms with Gasteiger partial charge >= 0.3 is 0 Å². The number of hydrogen-bond donors (Lipinski definition) is 0. The summed E-state index contributed by atoms with van der Waals surface area (Å²) in [6, 6.07) is 7.05. The molecule has 0 fully saturated rings. The van der Waals surface area contributed by atoms with Gasteiger partial charge < -0.3 is 4.74 Å². The molecular weight excluding hydrogens is 319 g/mol. The third-order valence-corrected chi connectivity index (χ3v) is 3.78. The Bertz CT molecular complexity index is 696. The predicted octanol–water partition coefficient (Wildman–Crippen LogP) is 4.78. The number of halogens is 3. The first kappa shape index (κ1) is 14.9. The Hall–Kier alpha value is -1.47. The molecule has 0 spiro atoms. The second-order valence-corrected chi connectivity index (χ2v) is 5.19. The van der Waals surface area contributed by atoms with E-state index in [2.05, 4.69) is 11.1 Å². The Balaban J connectivity index is 2.63. The van der Waals surface area contributed by atoms with Crippen molar-refractivity contribution in [3.8, 4) is 23.1 Å². The van der Waals surface area contributed by atoms with Crippen LogP contribution in [0, 0.1) is 11.3 Å². The van der Waals surface area contributed by atoms with Crippen molar-refractivity contribution in [2.45, 2.75) is 6.42 Å². The van der Waals surface area contributed by atoms with Crippen LogP contribution in [0.3, 0.4) is 0 Å². The van der Waals surface area contributed by atoms with Gasteiger partial charge in [-0.15, -0.1) is 0 Å². The average molecular weight is 328 g/mol. The van der Waals surface area contributed by atoms with Crippen LogP contribution in [0.15, 0.2) is 24.4 Å². The van der Waals surface area contributed by atoms with Crippen LogP contribution in [0.25, 0.3) is 11.1 Å². The van der Waals surface area contributed by atoms with Gasteiger partial charge in [-0.25, -0.2) is 4.98 Å². The monoisotopic (exact) mass is 326 g/mol. The van der Waals surface area contributed by atoms with Gasteiger partial charge in [0.15, 0.2) is 0 Å². The molecule has 0 aliphatic rings. The maximum atomic E-state index is 8.93. The molecule has 0 atom stereocenters. The number of nitriles is 1. The molecule has 1 aromatic carbocycles. The molecule has 1 aromatic heterocycles. The molecular formula is C14H9Cl3N2O. The summed E-state index contributed by atoms with van der Waals surface area (Å²) in [4.78, 5) is 4.14. The summed E-state index contributed by atoms with van der Waals surface area (Å²) in [7, 11) is 1.52. The maximum absolute atomic E-state index is 8.93. The van der Waals surface area contributed by atoms with Crippen molar-refractivity contribution in [2.75, 3.05) is 7.11 Å².